The van der Waals surface area contributed by atoms with E-state index in [4.69, 9.17) is 0 Å². The normalized spacial score (nSPS) is 12.4. The fraction of sp³-hybridized carbons (Fsp3) is 0.100. The van der Waals surface area contributed by atoms with Crippen LogP contribution in [0.3, 0.4) is 0 Å². The van der Waals surface area contributed by atoms with Gasteiger partial charge in [-0.2, -0.15) is 0 Å². The van der Waals surface area contributed by atoms with Gasteiger partial charge < -0.3 is 10.3 Å². The summed E-state index contributed by atoms with van der Waals surface area (Å²) in [6, 6.07) is 21.8. The van der Waals surface area contributed by atoms with Crippen molar-refractivity contribution in [1.29, 1.82) is 0 Å². The minimum atomic E-state index is -0.264. The Hall–Kier alpha value is -2.79. The van der Waals surface area contributed by atoms with Crippen molar-refractivity contribution in [2.45, 2.75) is 17.3 Å². The summed E-state index contributed by atoms with van der Waals surface area (Å²) in [6.07, 6.45) is 0. The molecular formula is C20H17N3OS. The zero-order valence-electron chi connectivity index (χ0n) is 13.7. The van der Waals surface area contributed by atoms with Crippen molar-refractivity contribution >= 4 is 45.2 Å². The molecule has 0 aliphatic carbocycles. The Morgan fingerprint density at radius 1 is 1.04 bits per heavy atom. The molecule has 1 aromatic heterocycles. The molecule has 0 fully saturated rings. The second-order valence-corrected chi connectivity index (χ2v) is 7.16. The zero-order valence-corrected chi connectivity index (χ0v) is 14.5. The molecule has 1 amide bonds. The van der Waals surface area contributed by atoms with Crippen molar-refractivity contribution < 1.29 is 4.79 Å². The average molecular weight is 347 g/mol. The number of nitrogens with zero attached hydrogens (tertiary/aromatic N) is 1. The number of benzene rings is 3. The summed E-state index contributed by atoms with van der Waals surface area (Å²) in [5.74, 6) is -0.0400. The first-order chi connectivity index (χ1) is 12.2. The largest absolute Gasteiger partial charge is 0.333 e. The van der Waals surface area contributed by atoms with Gasteiger partial charge in [0.25, 0.3) is 0 Å². The van der Waals surface area contributed by atoms with Crippen LogP contribution >= 0.6 is 11.8 Å². The van der Waals surface area contributed by atoms with E-state index in [-0.39, 0.29) is 11.2 Å². The van der Waals surface area contributed by atoms with Crippen LogP contribution < -0.4 is 5.32 Å². The van der Waals surface area contributed by atoms with Gasteiger partial charge in [0, 0.05) is 11.1 Å². The predicted molar refractivity (Wildman–Crippen MR) is 104 cm³/mol. The minimum Gasteiger partial charge on any atom is -0.333 e. The molecule has 2 N–H and O–H groups in total. The van der Waals surface area contributed by atoms with E-state index < -0.39 is 0 Å². The lowest BCUT2D eigenvalue weighted by atomic mass is 10.1. The first-order valence-electron chi connectivity index (χ1n) is 8.11. The van der Waals surface area contributed by atoms with Crippen LogP contribution in [0.4, 0.5) is 5.69 Å². The summed E-state index contributed by atoms with van der Waals surface area (Å²) >= 11 is 1.42. The molecule has 5 heteroatoms. The number of para-hydroxylation sites is 2. The highest BCUT2D eigenvalue weighted by atomic mass is 32.2. The molecule has 1 heterocycles. The van der Waals surface area contributed by atoms with Gasteiger partial charge in [-0.25, -0.2) is 4.98 Å². The Morgan fingerprint density at radius 2 is 1.80 bits per heavy atom. The number of aromatic nitrogens is 2. The van der Waals surface area contributed by atoms with E-state index in [9.17, 15) is 4.79 Å². The highest BCUT2D eigenvalue weighted by molar-refractivity contribution is 8.00. The Labute approximate surface area is 149 Å². The molecule has 0 radical (unpaired) electrons. The SMILES string of the molecule is C[C@@H](Sc1nc2ccccc2[nH]1)C(=O)Nc1cccc2ccccc12. The predicted octanol–water partition coefficient (Wildman–Crippen LogP) is 4.84. The fourth-order valence-electron chi connectivity index (χ4n) is 2.77. The minimum absolute atomic E-state index is 0.0400. The number of hydrogen-bond donors (Lipinski definition) is 2. The Balaban J connectivity index is 1.52. The Bertz CT molecular complexity index is 1020. The Kier molecular flexibility index (Phi) is 4.15. The van der Waals surface area contributed by atoms with E-state index in [1.807, 2.05) is 73.7 Å². The quantitative estimate of drug-likeness (QED) is 0.520. The van der Waals surface area contributed by atoms with E-state index in [0.717, 1.165) is 32.6 Å². The van der Waals surface area contributed by atoms with Gasteiger partial charge >= 0.3 is 0 Å². The maximum absolute atomic E-state index is 12.6. The third kappa shape index (κ3) is 3.23. The number of amides is 1. The van der Waals surface area contributed by atoms with Gasteiger partial charge in [0.2, 0.25) is 5.91 Å². The van der Waals surface area contributed by atoms with E-state index in [1.54, 1.807) is 0 Å². The number of rotatable bonds is 4. The summed E-state index contributed by atoms with van der Waals surface area (Å²) in [4.78, 5) is 20.4. The number of carbonyl (C=O) groups is 1. The van der Waals surface area contributed by atoms with Crippen LogP contribution in [-0.4, -0.2) is 21.1 Å². The van der Waals surface area contributed by atoms with Gasteiger partial charge in [0.05, 0.1) is 16.3 Å². The van der Waals surface area contributed by atoms with Crippen molar-refractivity contribution in [3.8, 4) is 0 Å². The maximum atomic E-state index is 12.6. The molecule has 0 aliphatic rings. The number of nitrogens with one attached hydrogen (secondary N) is 2. The van der Waals surface area contributed by atoms with Crippen LogP contribution in [0.5, 0.6) is 0 Å². The van der Waals surface area contributed by atoms with Gasteiger partial charge in [0.1, 0.15) is 0 Å². The number of aromatic amines is 1. The summed E-state index contributed by atoms with van der Waals surface area (Å²) in [5, 5.41) is 5.67. The smallest absolute Gasteiger partial charge is 0.237 e. The van der Waals surface area contributed by atoms with Gasteiger partial charge in [-0.1, -0.05) is 60.3 Å². The van der Waals surface area contributed by atoms with E-state index in [0.29, 0.717) is 0 Å². The summed E-state index contributed by atoms with van der Waals surface area (Å²) in [5.41, 5.74) is 2.72. The van der Waals surface area contributed by atoms with E-state index >= 15 is 0 Å². The third-order valence-electron chi connectivity index (χ3n) is 4.07. The van der Waals surface area contributed by atoms with Crippen LogP contribution in [0.25, 0.3) is 21.8 Å². The summed E-state index contributed by atoms with van der Waals surface area (Å²) in [7, 11) is 0. The Morgan fingerprint density at radius 3 is 2.68 bits per heavy atom. The van der Waals surface area contributed by atoms with Gasteiger partial charge in [-0.05, 0) is 30.5 Å². The van der Waals surface area contributed by atoms with Gasteiger partial charge in [-0.15, -0.1) is 0 Å². The molecule has 3 aromatic carbocycles. The number of hydrogen-bond acceptors (Lipinski definition) is 3. The van der Waals surface area contributed by atoms with Crippen molar-refractivity contribution in [1.82, 2.24) is 9.97 Å². The second-order valence-electron chi connectivity index (χ2n) is 5.84. The molecule has 0 saturated carbocycles. The molecule has 0 bridgehead atoms. The first kappa shape index (κ1) is 15.7. The molecule has 0 saturated heterocycles. The third-order valence-corrected chi connectivity index (χ3v) is 5.06. The van der Waals surface area contributed by atoms with Gasteiger partial charge in [-0.3, -0.25) is 4.79 Å². The topological polar surface area (TPSA) is 57.8 Å². The highest BCUT2D eigenvalue weighted by Gasteiger charge is 2.17. The van der Waals surface area contributed by atoms with E-state index in [2.05, 4.69) is 15.3 Å². The lowest BCUT2D eigenvalue weighted by Gasteiger charge is -2.12. The van der Waals surface area contributed by atoms with Gasteiger partial charge in [0.15, 0.2) is 5.16 Å². The lowest BCUT2D eigenvalue weighted by molar-refractivity contribution is -0.115. The van der Waals surface area contributed by atoms with Crippen molar-refractivity contribution in [2.75, 3.05) is 5.32 Å². The zero-order chi connectivity index (χ0) is 17.2. The van der Waals surface area contributed by atoms with Crippen LogP contribution in [0, 0.1) is 0 Å². The number of imidazole rings is 1. The lowest BCUT2D eigenvalue weighted by Crippen LogP contribution is -2.22. The molecule has 124 valence electrons. The number of anilines is 1. The molecule has 0 spiro atoms. The molecular weight excluding hydrogens is 330 g/mol. The first-order valence-corrected chi connectivity index (χ1v) is 8.99. The van der Waals surface area contributed by atoms with Crippen molar-refractivity contribution in [2.24, 2.45) is 0 Å². The van der Waals surface area contributed by atoms with E-state index in [1.165, 1.54) is 11.8 Å². The summed E-state index contributed by atoms with van der Waals surface area (Å²) < 4.78 is 0. The van der Waals surface area contributed by atoms with Crippen LogP contribution in [-0.2, 0) is 4.79 Å². The second kappa shape index (κ2) is 6.61. The molecule has 4 nitrogen and oxygen atoms in total. The molecule has 4 aromatic rings. The molecule has 25 heavy (non-hydrogen) atoms. The maximum Gasteiger partial charge on any atom is 0.237 e. The number of thioether (sulfide) groups is 1. The number of carbonyl (C=O) groups excluding carboxylic acids is 1. The molecule has 1 atom stereocenters. The molecule has 0 unspecified atom stereocenters. The average Bonchev–Trinajstić information content (AvgIpc) is 3.04. The van der Waals surface area contributed by atoms with Crippen LogP contribution in [0.1, 0.15) is 6.92 Å². The highest BCUT2D eigenvalue weighted by Crippen LogP contribution is 2.26. The van der Waals surface area contributed by atoms with Crippen LogP contribution in [0.2, 0.25) is 0 Å². The van der Waals surface area contributed by atoms with Crippen molar-refractivity contribution in [3.05, 3.63) is 66.7 Å². The summed E-state index contributed by atoms with van der Waals surface area (Å²) in [6.45, 7) is 1.89. The van der Waals surface area contributed by atoms with Crippen LogP contribution in [0.15, 0.2) is 71.9 Å². The molecule has 4 rings (SSSR count). The fourth-order valence-corrected chi connectivity index (χ4v) is 3.60. The van der Waals surface area contributed by atoms with Crippen molar-refractivity contribution in [3.63, 3.8) is 0 Å². The standard InChI is InChI=1S/C20H17N3OS/c1-13(25-20-22-17-10-4-5-11-18(17)23-20)19(24)21-16-12-6-8-14-7-2-3-9-15(14)16/h2-13H,1H3,(H,21,24)(H,22,23)/t13-/m1/s1. The number of fused-ring (bicyclic) bond motifs is 2. The number of H-pyrrole nitrogens is 1. The molecule has 0 aliphatic heterocycles. The monoisotopic (exact) mass is 347 g/mol.